The summed E-state index contributed by atoms with van der Waals surface area (Å²) in [5, 5.41) is 10.9. The molecule has 1 heterocycles. The number of ether oxygens (including phenoxy) is 1. The first kappa shape index (κ1) is 13.9. The minimum absolute atomic E-state index is 0.481. The molecule has 1 aliphatic rings. The van der Waals surface area contributed by atoms with Gasteiger partial charge in [0.05, 0.1) is 5.60 Å². The van der Waals surface area contributed by atoms with Crippen LogP contribution in [0.15, 0.2) is 30.3 Å². The molecule has 1 saturated heterocycles. The van der Waals surface area contributed by atoms with Crippen LogP contribution in [-0.2, 0) is 10.3 Å². The van der Waals surface area contributed by atoms with Crippen LogP contribution in [0, 0.1) is 5.92 Å². The molecule has 1 aromatic rings. The Hall–Kier alpha value is -0.570. The van der Waals surface area contributed by atoms with Gasteiger partial charge in [0, 0.05) is 19.1 Å². The molecule has 3 heteroatoms. The molecule has 1 fully saturated rings. The van der Waals surface area contributed by atoms with E-state index in [0.29, 0.717) is 18.2 Å². The highest BCUT2D eigenvalue weighted by Crippen LogP contribution is 2.35. The van der Waals surface area contributed by atoms with Crippen LogP contribution in [0.25, 0.3) is 0 Å². The number of hydrogen-bond acceptors (Lipinski definition) is 2. The second kappa shape index (κ2) is 6.55. The molecule has 0 amide bonds. The van der Waals surface area contributed by atoms with Crippen molar-refractivity contribution in [2.24, 2.45) is 5.92 Å². The van der Waals surface area contributed by atoms with Gasteiger partial charge in [-0.3, -0.25) is 0 Å². The van der Waals surface area contributed by atoms with Gasteiger partial charge in [-0.1, -0.05) is 30.3 Å². The normalized spacial score (nSPS) is 20.6. The SMILES string of the molecule is OC(CCCl)(CC1CCOCC1)c1ccccc1. The summed E-state index contributed by atoms with van der Waals surface area (Å²) in [7, 11) is 0. The topological polar surface area (TPSA) is 29.5 Å². The molecule has 100 valence electrons. The molecule has 0 bridgehead atoms. The van der Waals surface area contributed by atoms with Gasteiger partial charge in [-0.25, -0.2) is 0 Å². The third-order valence-electron chi connectivity index (χ3n) is 3.79. The van der Waals surface area contributed by atoms with Crippen LogP contribution >= 0.6 is 11.6 Å². The van der Waals surface area contributed by atoms with Crippen LogP contribution in [0.5, 0.6) is 0 Å². The van der Waals surface area contributed by atoms with Crippen LogP contribution in [0.4, 0.5) is 0 Å². The lowest BCUT2D eigenvalue weighted by Crippen LogP contribution is -2.31. The molecule has 2 rings (SSSR count). The van der Waals surface area contributed by atoms with Crippen molar-refractivity contribution in [2.45, 2.75) is 31.3 Å². The fourth-order valence-corrected chi connectivity index (χ4v) is 3.01. The van der Waals surface area contributed by atoms with Gasteiger partial charge in [0.25, 0.3) is 0 Å². The van der Waals surface area contributed by atoms with Crippen molar-refractivity contribution >= 4 is 11.6 Å². The maximum absolute atomic E-state index is 10.9. The zero-order valence-electron chi connectivity index (χ0n) is 10.6. The summed E-state index contributed by atoms with van der Waals surface area (Å²) < 4.78 is 5.37. The van der Waals surface area contributed by atoms with Gasteiger partial charge in [0.2, 0.25) is 0 Å². The Balaban J connectivity index is 2.10. The van der Waals surface area contributed by atoms with Gasteiger partial charge in [-0.15, -0.1) is 11.6 Å². The molecule has 0 saturated carbocycles. The molecule has 1 unspecified atom stereocenters. The highest BCUT2D eigenvalue weighted by Gasteiger charge is 2.32. The highest BCUT2D eigenvalue weighted by atomic mass is 35.5. The number of aliphatic hydroxyl groups is 1. The number of halogens is 1. The molecule has 1 atom stereocenters. The number of alkyl halides is 1. The predicted molar refractivity (Wildman–Crippen MR) is 73.8 cm³/mol. The van der Waals surface area contributed by atoms with E-state index in [9.17, 15) is 5.11 Å². The van der Waals surface area contributed by atoms with E-state index < -0.39 is 5.60 Å². The molecular weight excluding hydrogens is 248 g/mol. The molecule has 1 aliphatic heterocycles. The van der Waals surface area contributed by atoms with Crippen molar-refractivity contribution in [1.29, 1.82) is 0 Å². The van der Waals surface area contributed by atoms with E-state index in [-0.39, 0.29) is 0 Å². The van der Waals surface area contributed by atoms with Gasteiger partial charge in [0.15, 0.2) is 0 Å². The van der Waals surface area contributed by atoms with E-state index in [1.807, 2.05) is 30.3 Å². The zero-order valence-corrected chi connectivity index (χ0v) is 11.4. The maximum atomic E-state index is 10.9. The third-order valence-corrected chi connectivity index (χ3v) is 3.98. The Kier molecular flexibility index (Phi) is 5.04. The lowest BCUT2D eigenvalue weighted by molar-refractivity contribution is -0.0179. The van der Waals surface area contributed by atoms with Crippen LogP contribution in [0.3, 0.4) is 0 Å². The standard InChI is InChI=1S/C15H21ClO2/c16-9-8-15(17,14-4-2-1-3-5-14)12-13-6-10-18-11-7-13/h1-5,13,17H,6-12H2. The maximum Gasteiger partial charge on any atom is 0.0910 e. The molecule has 0 radical (unpaired) electrons. The Morgan fingerprint density at radius 1 is 1.22 bits per heavy atom. The van der Waals surface area contributed by atoms with Crippen molar-refractivity contribution < 1.29 is 9.84 Å². The fourth-order valence-electron chi connectivity index (χ4n) is 2.70. The summed E-state index contributed by atoms with van der Waals surface area (Å²) >= 11 is 5.87. The monoisotopic (exact) mass is 268 g/mol. The van der Waals surface area contributed by atoms with Crippen molar-refractivity contribution in [3.63, 3.8) is 0 Å². The average Bonchev–Trinajstić information content (AvgIpc) is 2.41. The molecule has 0 aliphatic carbocycles. The number of hydrogen-bond donors (Lipinski definition) is 1. The first-order valence-corrected chi connectivity index (χ1v) is 7.20. The lowest BCUT2D eigenvalue weighted by atomic mass is 9.80. The molecule has 1 N–H and O–H groups in total. The van der Waals surface area contributed by atoms with E-state index in [1.165, 1.54) is 0 Å². The smallest absolute Gasteiger partial charge is 0.0910 e. The second-order valence-electron chi connectivity index (χ2n) is 5.10. The minimum Gasteiger partial charge on any atom is -0.385 e. The first-order chi connectivity index (χ1) is 8.74. The van der Waals surface area contributed by atoms with Gasteiger partial charge in [0.1, 0.15) is 0 Å². The molecular formula is C15H21ClO2. The Labute approximate surface area is 114 Å². The molecule has 18 heavy (non-hydrogen) atoms. The quantitative estimate of drug-likeness (QED) is 0.830. The molecule has 1 aromatic carbocycles. The Morgan fingerprint density at radius 2 is 1.89 bits per heavy atom. The van der Waals surface area contributed by atoms with E-state index >= 15 is 0 Å². The van der Waals surface area contributed by atoms with Crippen molar-refractivity contribution in [3.05, 3.63) is 35.9 Å². The first-order valence-electron chi connectivity index (χ1n) is 6.66. The van der Waals surface area contributed by atoms with E-state index in [2.05, 4.69) is 0 Å². The van der Waals surface area contributed by atoms with Crippen molar-refractivity contribution in [2.75, 3.05) is 19.1 Å². The summed E-state index contributed by atoms with van der Waals surface area (Å²) in [5.74, 6) is 1.02. The fraction of sp³-hybridized carbons (Fsp3) is 0.600. The minimum atomic E-state index is -0.787. The third kappa shape index (κ3) is 3.47. The van der Waals surface area contributed by atoms with Gasteiger partial charge >= 0.3 is 0 Å². The van der Waals surface area contributed by atoms with E-state index in [4.69, 9.17) is 16.3 Å². The van der Waals surface area contributed by atoms with E-state index in [1.54, 1.807) is 0 Å². The second-order valence-corrected chi connectivity index (χ2v) is 5.47. The highest BCUT2D eigenvalue weighted by molar-refractivity contribution is 6.17. The summed E-state index contributed by atoms with van der Waals surface area (Å²) in [6.45, 7) is 1.63. The lowest BCUT2D eigenvalue weighted by Gasteiger charge is -2.33. The molecule has 0 spiro atoms. The van der Waals surface area contributed by atoms with Crippen LogP contribution in [-0.4, -0.2) is 24.2 Å². The summed E-state index contributed by atoms with van der Waals surface area (Å²) in [4.78, 5) is 0. The summed E-state index contributed by atoms with van der Waals surface area (Å²) in [6.07, 6.45) is 3.47. The van der Waals surface area contributed by atoms with Crippen molar-refractivity contribution in [1.82, 2.24) is 0 Å². The Bertz CT molecular complexity index is 349. The van der Waals surface area contributed by atoms with Crippen LogP contribution < -0.4 is 0 Å². The van der Waals surface area contributed by atoms with Crippen molar-refractivity contribution in [3.8, 4) is 0 Å². The van der Waals surface area contributed by atoms with Crippen LogP contribution in [0.1, 0.15) is 31.2 Å². The molecule has 0 aromatic heterocycles. The average molecular weight is 269 g/mol. The molecule has 2 nitrogen and oxygen atoms in total. The summed E-state index contributed by atoms with van der Waals surface area (Å²) in [6, 6.07) is 9.90. The van der Waals surface area contributed by atoms with E-state index in [0.717, 1.165) is 38.0 Å². The zero-order chi connectivity index (χ0) is 12.8. The summed E-state index contributed by atoms with van der Waals surface area (Å²) in [5.41, 5.74) is 0.197. The van der Waals surface area contributed by atoms with Gasteiger partial charge in [-0.2, -0.15) is 0 Å². The van der Waals surface area contributed by atoms with Gasteiger partial charge in [-0.05, 0) is 37.2 Å². The van der Waals surface area contributed by atoms with Crippen LogP contribution in [0.2, 0.25) is 0 Å². The van der Waals surface area contributed by atoms with Gasteiger partial charge < -0.3 is 9.84 Å². The predicted octanol–water partition coefficient (Wildman–Crippen LogP) is 3.32. The number of benzene rings is 1. The Morgan fingerprint density at radius 3 is 2.50 bits per heavy atom. The largest absolute Gasteiger partial charge is 0.385 e. The number of rotatable bonds is 5.